The summed E-state index contributed by atoms with van der Waals surface area (Å²) in [6.45, 7) is 5.14. The molecule has 0 unspecified atom stereocenters. The number of hydrogen-bond acceptors (Lipinski definition) is 5. The largest absolute Gasteiger partial charge is 0.369 e. The molecule has 1 aromatic rings. The number of thiazole rings is 1. The van der Waals surface area contributed by atoms with Gasteiger partial charge in [0, 0.05) is 23.7 Å². The van der Waals surface area contributed by atoms with E-state index in [1.165, 1.54) is 4.88 Å². The second kappa shape index (κ2) is 6.26. The van der Waals surface area contributed by atoms with E-state index in [0.29, 0.717) is 12.6 Å². The summed E-state index contributed by atoms with van der Waals surface area (Å²) in [6.07, 6.45) is 4.05. The number of piperidine rings is 1. The zero-order valence-corrected chi connectivity index (χ0v) is 11.5. The van der Waals surface area contributed by atoms with E-state index >= 15 is 0 Å². The Balaban J connectivity index is 2.01. The summed E-state index contributed by atoms with van der Waals surface area (Å²) in [5.41, 5.74) is 5.35. The van der Waals surface area contributed by atoms with Gasteiger partial charge in [-0.2, -0.15) is 0 Å². The van der Waals surface area contributed by atoms with Gasteiger partial charge in [0.05, 0.1) is 11.6 Å². The van der Waals surface area contributed by atoms with Crippen LogP contribution in [0.4, 0.5) is 0 Å². The number of nitrogens with two attached hydrogens (primary N) is 1. The summed E-state index contributed by atoms with van der Waals surface area (Å²) in [4.78, 5) is 18.8. The van der Waals surface area contributed by atoms with Crippen molar-refractivity contribution in [2.45, 2.75) is 32.4 Å². The van der Waals surface area contributed by atoms with Gasteiger partial charge >= 0.3 is 0 Å². The lowest BCUT2D eigenvalue weighted by molar-refractivity contribution is -0.120. The molecule has 2 heterocycles. The second-order valence-electron chi connectivity index (χ2n) is 4.70. The third-order valence-electron chi connectivity index (χ3n) is 3.21. The minimum absolute atomic E-state index is 0.255. The average Bonchev–Trinajstić information content (AvgIpc) is 2.75. The number of aryl methyl sites for hydroxylation is 1. The summed E-state index contributed by atoms with van der Waals surface area (Å²) in [6, 6.07) is 0.446. The Kier molecular flexibility index (Phi) is 4.68. The van der Waals surface area contributed by atoms with Crippen molar-refractivity contribution in [3.05, 3.63) is 16.1 Å². The van der Waals surface area contributed by atoms with Gasteiger partial charge in [-0.05, 0) is 32.9 Å². The maximum absolute atomic E-state index is 11.2. The molecule has 2 rings (SSSR count). The summed E-state index contributed by atoms with van der Waals surface area (Å²) >= 11 is 1.69. The molecule has 100 valence electrons. The lowest BCUT2D eigenvalue weighted by atomic mass is 10.0. The molecule has 1 saturated heterocycles. The normalized spacial score (nSPS) is 17.2. The predicted molar refractivity (Wildman–Crippen MR) is 72.3 cm³/mol. The van der Waals surface area contributed by atoms with Gasteiger partial charge in [-0.3, -0.25) is 9.69 Å². The molecule has 0 spiro atoms. The molecule has 0 radical (unpaired) electrons. The first kappa shape index (κ1) is 13.5. The highest BCUT2D eigenvalue weighted by atomic mass is 32.1. The zero-order valence-electron chi connectivity index (χ0n) is 10.7. The van der Waals surface area contributed by atoms with Crippen LogP contribution in [-0.4, -0.2) is 41.5 Å². The monoisotopic (exact) mass is 268 g/mol. The number of carbonyl (C=O) groups is 1. The fourth-order valence-electron chi connectivity index (χ4n) is 2.36. The van der Waals surface area contributed by atoms with Crippen molar-refractivity contribution < 1.29 is 4.79 Å². The highest BCUT2D eigenvalue weighted by Crippen LogP contribution is 2.19. The average molecular weight is 268 g/mol. The van der Waals surface area contributed by atoms with Gasteiger partial charge in [0.2, 0.25) is 5.91 Å². The molecule has 0 aromatic carbocycles. The summed E-state index contributed by atoms with van der Waals surface area (Å²) in [7, 11) is 0. The highest BCUT2D eigenvalue weighted by molar-refractivity contribution is 7.11. The van der Waals surface area contributed by atoms with Crippen molar-refractivity contribution in [2.75, 3.05) is 19.6 Å². The predicted octanol–water partition coefficient (Wildman–Crippen LogP) is 0.491. The van der Waals surface area contributed by atoms with E-state index in [1.54, 1.807) is 11.3 Å². The molecule has 0 atom stereocenters. The number of amides is 1. The Morgan fingerprint density at radius 3 is 2.89 bits per heavy atom. The standard InChI is InChI=1S/C12H20N4OS/c1-9-15-6-11(18-9)7-16(8-12(13)17)10-2-4-14-5-3-10/h6,10,14H,2-5,7-8H2,1H3,(H2,13,17). The van der Waals surface area contributed by atoms with Crippen LogP contribution >= 0.6 is 11.3 Å². The summed E-state index contributed by atoms with van der Waals surface area (Å²) in [5.74, 6) is -0.255. The quantitative estimate of drug-likeness (QED) is 0.815. The molecule has 3 N–H and O–H groups in total. The number of rotatable bonds is 5. The zero-order chi connectivity index (χ0) is 13.0. The molecule has 0 bridgehead atoms. The lowest BCUT2D eigenvalue weighted by Gasteiger charge is -2.33. The molecule has 0 aliphatic carbocycles. The summed E-state index contributed by atoms with van der Waals surface area (Å²) < 4.78 is 0. The lowest BCUT2D eigenvalue weighted by Crippen LogP contribution is -2.45. The molecule has 1 aromatic heterocycles. The minimum atomic E-state index is -0.255. The van der Waals surface area contributed by atoms with Crippen molar-refractivity contribution in [3.8, 4) is 0 Å². The number of carbonyl (C=O) groups excluding carboxylic acids is 1. The van der Waals surface area contributed by atoms with Crippen LogP contribution in [0.25, 0.3) is 0 Å². The Morgan fingerprint density at radius 2 is 2.33 bits per heavy atom. The molecule has 1 aliphatic heterocycles. The molecule has 1 aliphatic rings. The van der Waals surface area contributed by atoms with Crippen LogP contribution in [-0.2, 0) is 11.3 Å². The van der Waals surface area contributed by atoms with Gasteiger partial charge in [0.25, 0.3) is 0 Å². The molecule has 18 heavy (non-hydrogen) atoms. The van der Waals surface area contributed by atoms with Crippen LogP contribution in [0.15, 0.2) is 6.20 Å². The molecule has 5 nitrogen and oxygen atoms in total. The number of nitrogens with one attached hydrogen (secondary N) is 1. The van der Waals surface area contributed by atoms with Gasteiger partial charge in [-0.25, -0.2) is 4.98 Å². The number of hydrogen-bond donors (Lipinski definition) is 2. The molecule has 6 heteroatoms. The van der Waals surface area contributed by atoms with E-state index < -0.39 is 0 Å². The minimum Gasteiger partial charge on any atom is -0.369 e. The van der Waals surface area contributed by atoms with Crippen LogP contribution in [0, 0.1) is 6.92 Å². The van der Waals surface area contributed by atoms with Crippen LogP contribution in [0.1, 0.15) is 22.7 Å². The van der Waals surface area contributed by atoms with Gasteiger partial charge in [0.1, 0.15) is 0 Å². The smallest absolute Gasteiger partial charge is 0.231 e. The number of primary amides is 1. The maximum Gasteiger partial charge on any atom is 0.231 e. The fraction of sp³-hybridized carbons (Fsp3) is 0.667. The van der Waals surface area contributed by atoms with Crippen molar-refractivity contribution >= 4 is 17.2 Å². The first-order valence-corrected chi connectivity index (χ1v) is 7.11. The van der Waals surface area contributed by atoms with Crippen LogP contribution < -0.4 is 11.1 Å². The maximum atomic E-state index is 11.2. The fourth-order valence-corrected chi connectivity index (χ4v) is 3.19. The van der Waals surface area contributed by atoms with Gasteiger partial charge in [-0.1, -0.05) is 0 Å². The number of nitrogens with zero attached hydrogens (tertiary/aromatic N) is 2. The number of aromatic nitrogens is 1. The van der Waals surface area contributed by atoms with E-state index in [1.807, 2.05) is 13.1 Å². The Labute approximate surface area is 111 Å². The molecule has 0 saturated carbocycles. The SMILES string of the molecule is Cc1ncc(CN(CC(N)=O)C2CCNCC2)s1. The Morgan fingerprint density at radius 1 is 1.61 bits per heavy atom. The molecule has 1 fully saturated rings. The van der Waals surface area contributed by atoms with E-state index in [4.69, 9.17) is 5.73 Å². The third kappa shape index (κ3) is 3.76. The van der Waals surface area contributed by atoms with Crippen LogP contribution in [0.2, 0.25) is 0 Å². The first-order valence-electron chi connectivity index (χ1n) is 6.29. The molecule has 1 amide bonds. The summed E-state index contributed by atoms with van der Waals surface area (Å²) in [5, 5.41) is 4.40. The van der Waals surface area contributed by atoms with Crippen LogP contribution in [0.5, 0.6) is 0 Å². The Hall–Kier alpha value is -0.980. The second-order valence-corrected chi connectivity index (χ2v) is 6.02. The van der Waals surface area contributed by atoms with Crippen molar-refractivity contribution in [3.63, 3.8) is 0 Å². The van der Waals surface area contributed by atoms with E-state index in [-0.39, 0.29) is 5.91 Å². The van der Waals surface area contributed by atoms with Crippen molar-refractivity contribution in [2.24, 2.45) is 5.73 Å². The third-order valence-corrected chi connectivity index (χ3v) is 4.11. The van der Waals surface area contributed by atoms with Crippen LogP contribution in [0.3, 0.4) is 0 Å². The molecular formula is C12H20N4OS. The topological polar surface area (TPSA) is 71.2 Å². The first-order chi connectivity index (χ1) is 8.65. The van der Waals surface area contributed by atoms with E-state index in [0.717, 1.165) is 37.5 Å². The van der Waals surface area contributed by atoms with Gasteiger partial charge in [-0.15, -0.1) is 11.3 Å². The Bertz CT molecular complexity index is 401. The van der Waals surface area contributed by atoms with E-state index in [9.17, 15) is 4.79 Å². The van der Waals surface area contributed by atoms with Crippen molar-refractivity contribution in [1.29, 1.82) is 0 Å². The molecular weight excluding hydrogens is 248 g/mol. The van der Waals surface area contributed by atoms with Gasteiger partial charge in [0.15, 0.2) is 0 Å². The van der Waals surface area contributed by atoms with Crippen molar-refractivity contribution in [1.82, 2.24) is 15.2 Å². The van der Waals surface area contributed by atoms with E-state index in [2.05, 4.69) is 15.2 Å². The van der Waals surface area contributed by atoms with Gasteiger partial charge < -0.3 is 11.1 Å². The highest BCUT2D eigenvalue weighted by Gasteiger charge is 2.22.